The minimum absolute atomic E-state index is 0.0320. The highest BCUT2D eigenvalue weighted by Crippen LogP contribution is 1.99. The van der Waals surface area contributed by atoms with Crippen molar-refractivity contribution in [2.24, 2.45) is 0 Å². The number of allylic oxidation sites excluding steroid dienone is 2. The van der Waals surface area contributed by atoms with Crippen LogP contribution in [-0.4, -0.2) is 0 Å². The Morgan fingerprint density at radius 2 is 1.86 bits per heavy atom. The van der Waals surface area contributed by atoms with Gasteiger partial charge < -0.3 is 0 Å². The highest BCUT2D eigenvalue weighted by Gasteiger charge is 1.83. The average molecular weight is 130 g/mol. The number of hydrogen-bond acceptors (Lipinski definition) is 1. The van der Waals surface area contributed by atoms with Gasteiger partial charge in [-0.1, -0.05) is 21.6 Å². The van der Waals surface area contributed by atoms with Crippen molar-refractivity contribution in [2.45, 2.75) is 6.42 Å². The van der Waals surface area contributed by atoms with Crippen LogP contribution in [-0.2, 0) is 20.6 Å². The van der Waals surface area contributed by atoms with Gasteiger partial charge in [-0.25, -0.2) is 0 Å². The molecule has 0 bridgehead atoms. The second-order valence-electron chi connectivity index (χ2n) is 1.31. The maximum atomic E-state index is 4.94. The van der Waals surface area contributed by atoms with Crippen molar-refractivity contribution in [3.63, 3.8) is 0 Å². The van der Waals surface area contributed by atoms with Gasteiger partial charge in [0.1, 0.15) is 0 Å². The van der Waals surface area contributed by atoms with E-state index >= 15 is 0 Å². The van der Waals surface area contributed by atoms with Crippen molar-refractivity contribution in [1.82, 2.24) is 0 Å². The second-order valence-corrected chi connectivity index (χ2v) is 3.66. The molecular formula is C5H6S2. The van der Waals surface area contributed by atoms with Gasteiger partial charge in [0, 0.05) is 0 Å². The van der Waals surface area contributed by atoms with E-state index in [1.807, 2.05) is 0 Å². The van der Waals surface area contributed by atoms with E-state index in [0.29, 0.717) is 0 Å². The SMILES string of the molecule is S=S1C=CCC=C1. The summed E-state index contributed by atoms with van der Waals surface area (Å²) in [5.74, 6) is 0. The lowest BCUT2D eigenvalue weighted by molar-refractivity contribution is 1.41. The average Bonchev–Trinajstić information content (AvgIpc) is 1.69. The van der Waals surface area contributed by atoms with E-state index in [-0.39, 0.29) is 9.45 Å². The van der Waals surface area contributed by atoms with Crippen LogP contribution in [0.3, 0.4) is 0 Å². The third-order valence-electron chi connectivity index (χ3n) is 0.733. The van der Waals surface area contributed by atoms with Crippen LogP contribution >= 0.6 is 0 Å². The predicted molar refractivity (Wildman–Crippen MR) is 37.6 cm³/mol. The smallest absolute Gasteiger partial charge is 0.0152 e. The van der Waals surface area contributed by atoms with Crippen molar-refractivity contribution >= 4 is 20.6 Å². The summed E-state index contributed by atoms with van der Waals surface area (Å²) in [4.78, 5) is 0. The molecule has 0 aliphatic carbocycles. The highest BCUT2D eigenvalue weighted by molar-refractivity contribution is 8.32. The Hall–Kier alpha value is 0.0500. The zero-order valence-corrected chi connectivity index (χ0v) is 5.47. The lowest BCUT2D eigenvalue weighted by atomic mass is 10.4. The Kier molecular flexibility index (Phi) is 1.77. The summed E-state index contributed by atoms with van der Waals surface area (Å²) in [6.45, 7) is 0. The molecule has 0 aromatic carbocycles. The topological polar surface area (TPSA) is 0 Å². The standard InChI is InChI=1S/C5H6S2/c6-7-4-2-1-3-5-7/h2-5H,1H2. The monoisotopic (exact) mass is 130 g/mol. The number of rotatable bonds is 0. The van der Waals surface area contributed by atoms with Gasteiger partial charge >= 0.3 is 0 Å². The molecule has 0 fully saturated rings. The summed E-state index contributed by atoms with van der Waals surface area (Å²) in [5, 5.41) is 4.13. The fraction of sp³-hybridized carbons (Fsp3) is 0.200. The lowest BCUT2D eigenvalue weighted by Gasteiger charge is -1.92. The molecule has 38 valence electrons. The maximum absolute atomic E-state index is 4.94. The molecule has 0 amide bonds. The molecule has 0 aromatic rings. The Balaban J connectivity index is 2.66. The normalized spacial score (nSPS) is 20.6. The summed E-state index contributed by atoms with van der Waals surface area (Å²) >= 11 is 4.94. The molecule has 0 atom stereocenters. The maximum Gasteiger partial charge on any atom is -0.0152 e. The van der Waals surface area contributed by atoms with E-state index < -0.39 is 0 Å². The van der Waals surface area contributed by atoms with E-state index in [1.165, 1.54) is 0 Å². The van der Waals surface area contributed by atoms with Gasteiger partial charge in [-0.2, -0.15) is 0 Å². The minimum Gasteiger partial charge on any atom is -0.0739 e. The molecule has 0 nitrogen and oxygen atoms in total. The Morgan fingerprint density at radius 1 is 1.29 bits per heavy atom. The fourth-order valence-electron chi connectivity index (χ4n) is 0.425. The molecule has 0 saturated heterocycles. The molecule has 0 unspecified atom stereocenters. The quantitative estimate of drug-likeness (QED) is 0.479. The third kappa shape index (κ3) is 1.53. The van der Waals surface area contributed by atoms with Crippen LogP contribution in [0.2, 0.25) is 0 Å². The van der Waals surface area contributed by atoms with Crippen molar-refractivity contribution in [2.75, 3.05) is 0 Å². The lowest BCUT2D eigenvalue weighted by Crippen LogP contribution is -1.77. The zero-order valence-electron chi connectivity index (χ0n) is 3.83. The summed E-state index contributed by atoms with van der Waals surface area (Å²) in [5.41, 5.74) is 0. The molecule has 0 saturated carbocycles. The molecule has 0 radical (unpaired) electrons. The minimum atomic E-state index is 0.0320. The number of hydrogen-bond donors (Lipinski definition) is 0. The third-order valence-corrected chi connectivity index (χ3v) is 2.32. The predicted octanol–water partition coefficient (Wildman–Crippen LogP) is 1.50. The second kappa shape index (κ2) is 2.38. The van der Waals surface area contributed by atoms with Crippen molar-refractivity contribution < 1.29 is 0 Å². The van der Waals surface area contributed by atoms with Gasteiger partial charge in [-0.15, -0.1) is 0 Å². The van der Waals surface area contributed by atoms with E-state index in [4.69, 9.17) is 11.2 Å². The van der Waals surface area contributed by atoms with Crippen LogP contribution in [0.25, 0.3) is 0 Å². The van der Waals surface area contributed by atoms with Crippen molar-refractivity contribution in [1.29, 1.82) is 0 Å². The van der Waals surface area contributed by atoms with Gasteiger partial charge in [0.15, 0.2) is 0 Å². The van der Waals surface area contributed by atoms with Gasteiger partial charge in [-0.05, 0) is 28.4 Å². The Morgan fingerprint density at radius 3 is 2.14 bits per heavy atom. The van der Waals surface area contributed by atoms with Crippen LogP contribution < -0.4 is 0 Å². The molecule has 1 heterocycles. The summed E-state index contributed by atoms with van der Waals surface area (Å²) < 4.78 is 0. The molecule has 0 aromatic heterocycles. The van der Waals surface area contributed by atoms with E-state index in [2.05, 4.69) is 23.0 Å². The summed E-state index contributed by atoms with van der Waals surface area (Å²) in [7, 11) is 0.0320. The van der Waals surface area contributed by atoms with Crippen molar-refractivity contribution in [3.05, 3.63) is 23.0 Å². The first-order valence-corrected chi connectivity index (χ1v) is 4.40. The zero-order chi connectivity index (χ0) is 5.11. The van der Waals surface area contributed by atoms with Gasteiger partial charge in [0.2, 0.25) is 0 Å². The largest absolute Gasteiger partial charge is 0.0739 e. The van der Waals surface area contributed by atoms with Crippen LogP contribution in [0.4, 0.5) is 0 Å². The molecule has 1 aliphatic rings. The van der Waals surface area contributed by atoms with Gasteiger partial charge in [0.25, 0.3) is 0 Å². The van der Waals surface area contributed by atoms with Crippen molar-refractivity contribution in [3.8, 4) is 0 Å². The van der Waals surface area contributed by atoms with Gasteiger partial charge in [-0.3, -0.25) is 0 Å². The molecule has 7 heavy (non-hydrogen) atoms. The highest BCUT2D eigenvalue weighted by atomic mass is 32.8. The van der Waals surface area contributed by atoms with Crippen LogP contribution in [0.15, 0.2) is 23.0 Å². The van der Waals surface area contributed by atoms with Crippen LogP contribution in [0.5, 0.6) is 0 Å². The fourth-order valence-corrected chi connectivity index (χ4v) is 1.59. The first kappa shape index (κ1) is 5.19. The molecule has 0 spiro atoms. The molecule has 2 heteroatoms. The van der Waals surface area contributed by atoms with Gasteiger partial charge in [0.05, 0.1) is 0 Å². The Labute approximate surface area is 50.5 Å². The first-order chi connectivity index (χ1) is 3.39. The molecule has 0 N–H and O–H groups in total. The van der Waals surface area contributed by atoms with Crippen LogP contribution in [0.1, 0.15) is 6.42 Å². The first-order valence-electron chi connectivity index (χ1n) is 2.12. The summed E-state index contributed by atoms with van der Waals surface area (Å²) in [6.07, 6.45) is 5.28. The van der Waals surface area contributed by atoms with Crippen LogP contribution in [0, 0.1) is 0 Å². The van der Waals surface area contributed by atoms with E-state index in [9.17, 15) is 0 Å². The molecule has 1 rings (SSSR count). The van der Waals surface area contributed by atoms with E-state index in [1.54, 1.807) is 0 Å². The Bertz CT molecular complexity index is 119. The van der Waals surface area contributed by atoms with E-state index in [0.717, 1.165) is 6.42 Å². The molecular weight excluding hydrogens is 124 g/mol. The summed E-state index contributed by atoms with van der Waals surface area (Å²) in [6, 6.07) is 0. The molecule has 1 aliphatic heterocycles.